The van der Waals surface area contributed by atoms with Gasteiger partial charge in [-0.1, -0.05) is 0 Å². The first kappa shape index (κ1) is 14.5. The van der Waals surface area contributed by atoms with Gasteiger partial charge >= 0.3 is 6.03 Å². The maximum absolute atomic E-state index is 12.0. The van der Waals surface area contributed by atoms with Gasteiger partial charge in [0.15, 0.2) is 0 Å². The fourth-order valence-electron chi connectivity index (χ4n) is 2.17. The number of ether oxygens (including phenoxy) is 2. The van der Waals surface area contributed by atoms with Gasteiger partial charge in [-0.3, -0.25) is 0 Å². The molecule has 1 heterocycles. The van der Waals surface area contributed by atoms with Crippen LogP contribution in [-0.2, 0) is 6.54 Å². The van der Waals surface area contributed by atoms with Gasteiger partial charge in [0, 0.05) is 38.3 Å². The van der Waals surface area contributed by atoms with Crippen molar-refractivity contribution in [2.45, 2.75) is 6.54 Å². The molecular weight excluding hydrogens is 258 g/mol. The number of piperazine rings is 1. The first-order valence-electron chi connectivity index (χ1n) is 6.69. The van der Waals surface area contributed by atoms with Gasteiger partial charge < -0.3 is 25.0 Å². The largest absolute Gasteiger partial charge is 0.497 e. The molecule has 0 aliphatic carbocycles. The number of carbonyl (C=O) groups excluding carboxylic acids is 1. The van der Waals surface area contributed by atoms with Crippen LogP contribution in [0.4, 0.5) is 4.79 Å². The molecule has 1 aliphatic heterocycles. The summed E-state index contributed by atoms with van der Waals surface area (Å²) in [6, 6.07) is 5.50. The molecule has 0 radical (unpaired) electrons. The molecule has 110 valence electrons. The van der Waals surface area contributed by atoms with Gasteiger partial charge in [-0.25, -0.2) is 4.79 Å². The number of urea groups is 1. The fourth-order valence-corrected chi connectivity index (χ4v) is 2.17. The molecular formula is C14H21N3O3. The van der Waals surface area contributed by atoms with Crippen molar-refractivity contribution in [3.05, 3.63) is 23.8 Å². The topological polar surface area (TPSA) is 62.8 Å². The lowest BCUT2D eigenvalue weighted by atomic mass is 10.2. The number of nitrogens with zero attached hydrogens (tertiary/aromatic N) is 1. The molecule has 0 spiro atoms. The fraction of sp³-hybridized carbons (Fsp3) is 0.500. The van der Waals surface area contributed by atoms with E-state index in [-0.39, 0.29) is 6.03 Å². The van der Waals surface area contributed by atoms with E-state index in [0.717, 1.165) is 43.2 Å². The van der Waals surface area contributed by atoms with Crippen molar-refractivity contribution < 1.29 is 14.3 Å². The molecule has 20 heavy (non-hydrogen) atoms. The van der Waals surface area contributed by atoms with Crippen molar-refractivity contribution in [1.82, 2.24) is 15.5 Å². The molecule has 1 aliphatic rings. The predicted molar refractivity (Wildman–Crippen MR) is 76.2 cm³/mol. The van der Waals surface area contributed by atoms with Crippen molar-refractivity contribution in [2.75, 3.05) is 40.4 Å². The molecule has 1 aromatic rings. The number of methoxy groups -OCH3 is 2. The first-order chi connectivity index (χ1) is 9.74. The summed E-state index contributed by atoms with van der Waals surface area (Å²) in [6.07, 6.45) is 0. The quantitative estimate of drug-likeness (QED) is 0.856. The highest BCUT2D eigenvalue weighted by molar-refractivity contribution is 5.74. The third-order valence-electron chi connectivity index (χ3n) is 3.32. The molecule has 0 saturated carbocycles. The predicted octanol–water partition coefficient (Wildman–Crippen LogP) is 0.819. The minimum atomic E-state index is -0.0450. The van der Waals surface area contributed by atoms with Gasteiger partial charge in [0.1, 0.15) is 11.5 Å². The molecule has 1 aromatic carbocycles. The molecule has 6 heteroatoms. The van der Waals surface area contributed by atoms with Crippen LogP contribution in [0.5, 0.6) is 11.5 Å². The third-order valence-corrected chi connectivity index (χ3v) is 3.32. The average molecular weight is 279 g/mol. The van der Waals surface area contributed by atoms with E-state index in [9.17, 15) is 4.79 Å². The number of amides is 2. The lowest BCUT2D eigenvalue weighted by Gasteiger charge is -2.27. The van der Waals surface area contributed by atoms with E-state index in [2.05, 4.69) is 10.6 Å². The Bertz CT molecular complexity index is 459. The van der Waals surface area contributed by atoms with Gasteiger partial charge in [-0.2, -0.15) is 0 Å². The Morgan fingerprint density at radius 3 is 2.70 bits per heavy atom. The van der Waals surface area contributed by atoms with Gasteiger partial charge in [0.25, 0.3) is 0 Å². The van der Waals surface area contributed by atoms with Gasteiger partial charge in [-0.05, 0) is 18.2 Å². The SMILES string of the molecule is COc1ccc(OC)c(CNC(=O)N2CCNCC2)c1. The number of hydrogen-bond donors (Lipinski definition) is 2. The number of carbonyl (C=O) groups is 1. The Morgan fingerprint density at radius 2 is 2.05 bits per heavy atom. The molecule has 2 rings (SSSR count). The van der Waals surface area contributed by atoms with E-state index < -0.39 is 0 Å². The maximum atomic E-state index is 12.0. The molecule has 1 fully saturated rings. The minimum absolute atomic E-state index is 0.0450. The second-order valence-electron chi connectivity index (χ2n) is 4.57. The summed E-state index contributed by atoms with van der Waals surface area (Å²) in [5.41, 5.74) is 0.898. The Labute approximate surface area is 119 Å². The highest BCUT2D eigenvalue weighted by Gasteiger charge is 2.16. The zero-order valence-corrected chi connectivity index (χ0v) is 11.9. The smallest absolute Gasteiger partial charge is 0.317 e. The van der Waals surface area contributed by atoms with E-state index in [0.29, 0.717) is 6.54 Å². The Morgan fingerprint density at radius 1 is 1.30 bits per heavy atom. The summed E-state index contributed by atoms with van der Waals surface area (Å²) in [7, 11) is 3.23. The van der Waals surface area contributed by atoms with Gasteiger partial charge in [0.2, 0.25) is 0 Å². The molecule has 0 aromatic heterocycles. The van der Waals surface area contributed by atoms with Crippen molar-refractivity contribution in [2.24, 2.45) is 0 Å². The summed E-state index contributed by atoms with van der Waals surface area (Å²) in [5.74, 6) is 1.49. The van der Waals surface area contributed by atoms with E-state index in [1.54, 1.807) is 14.2 Å². The normalized spacial score (nSPS) is 14.8. The molecule has 0 unspecified atom stereocenters. The van der Waals surface area contributed by atoms with Crippen LogP contribution in [0.15, 0.2) is 18.2 Å². The second kappa shape index (κ2) is 7.00. The maximum Gasteiger partial charge on any atom is 0.317 e. The summed E-state index contributed by atoms with van der Waals surface area (Å²) in [5, 5.41) is 6.14. The minimum Gasteiger partial charge on any atom is -0.497 e. The lowest BCUT2D eigenvalue weighted by molar-refractivity contribution is 0.189. The Balaban J connectivity index is 1.96. The Kier molecular flexibility index (Phi) is 5.06. The van der Waals surface area contributed by atoms with Crippen LogP contribution in [0.2, 0.25) is 0 Å². The van der Waals surface area contributed by atoms with Gasteiger partial charge in [0.05, 0.1) is 14.2 Å². The molecule has 0 atom stereocenters. The van der Waals surface area contributed by atoms with Crippen molar-refractivity contribution in [1.29, 1.82) is 0 Å². The molecule has 6 nitrogen and oxygen atoms in total. The zero-order chi connectivity index (χ0) is 14.4. The van der Waals surface area contributed by atoms with Crippen molar-refractivity contribution >= 4 is 6.03 Å². The summed E-state index contributed by atoms with van der Waals surface area (Å²) < 4.78 is 10.5. The van der Waals surface area contributed by atoms with Crippen LogP contribution in [0.1, 0.15) is 5.56 Å². The first-order valence-corrected chi connectivity index (χ1v) is 6.69. The zero-order valence-electron chi connectivity index (χ0n) is 11.9. The van der Waals surface area contributed by atoms with E-state index in [4.69, 9.17) is 9.47 Å². The highest BCUT2D eigenvalue weighted by Crippen LogP contribution is 2.23. The van der Waals surface area contributed by atoms with Crippen molar-refractivity contribution in [3.63, 3.8) is 0 Å². The summed E-state index contributed by atoms with van der Waals surface area (Å²) in [6.45, 7) is 3.58. The summed E-state index contributed by atoms with van der Waals surface area (Å²) in [4.78, 5) is 13.8. The van der Waals surface area contributed by atoms with E-state index in [1.807, 2.05) is 23.1 Å². The van der Waals surface area contributed by atoms with Crippen LogP contribution >= 0.6 is 0 Å². The highest BCUT2D eigenvalue weighted by atomic mass is 16.5. The third kappa shape index (κ3) is 3.54. The average Bonchev–Trinajstić information content (AvgIpc) is 2.53. The van der Waals surface area contributed by atoms with Crippen LogP contribution in [0, 0.1) is 0 Å². The monoisotopic (exact) mass is 279 g/mol. The number of nitrogens with one attached hydrogen (secondary N) is 2. The van der Waals surface area contributed by atoms with E-state index >= 15 is 0 Å². The standard InChI is InChI=1S/C14H21N3O3/c1-19-12-3-4-13(20-2)11(9-12)10-16-14(18)17-7-5-15-6-8-17/h3-4,9,15H,5-8,10H2,1-2H3,(H,16,18). The van der Waals surface area contributed by atoms with Crippen LogP contribution < -0.4 is 20.1 Å². The second-order valence-corrected chi connectivity index (χ2v) is 4.57. The molecule has 2 N–H and O–H groups in total. The van der Waals surface area contributed by atoms with Gasteiger partial charge in [-0.15, -0.1) is 0 Å². The lowest BCUT2D eigenvalue weighted by Crippen LogP contribution is -2.50. The molecule has 1 saturated heterocycles. The number of benzene rings is 1. The number of hydrogen-bond acceptors (Lipinski definition) is 4. The Hall–Kier alpha value is -1.95. The van der Waals surface area contributed by atoms with E-state index in [1.165, 1.54) is 0 Å². The molecule has 0 bridgehead atoms. The van der Waals surface area contributed by atoms with Crippen molar-refractivity contribution in [3.8, 4) is 11.5 Å². The van der Waals surface area contributed by atoms with Crippen LogP contribution in [-0.4, -0.2) is 51.3 Å². The summed E-state index contributed by atoms with van der Waals surface area (Å²) >= 11 is 0. The van der Waals surface area contributed by atoms with Crippen LogP contribution in [0.25, 0.3) is 0 Å². The van der Waals surface area contributed by atoms with Crippen LogP contribution in [0.3, 0.4) is 0 Å². The molecule has 2 amide bonds. The number of rotatable bonds is 4.